The Morgan fingerprint density at radius 3 is 2.33 bits per heavy atom. The van der Waals surface area contributed by atoms with Crippen LogP contribution in [0.1, 0.15) is 29.8 Å². The van der Waals surface area contributed by atoms with Crippen molar-refractivity contribution in [2.24, 2.45) is 0 Å². The molecule has 1 amide bonds. The Hall–Kier alpha value is -3.58. The number of aliphatic hydroxyl groups is 1. The van der Waals surface area contributed by atoms with Crippen LogP contribution >= 0.6 is 11.3 Å². The number of ether oxygens (including phenoxy) is 1. The maximum absolute atomic E-state index is 13.2. The summed E-state index contributed by atoms with van der Waals surface area (Å²) in [5.74, 6) is -0.866. The predicted octanol–water partition coefficient (Wildman–Crippen LogP) is 5.23. The van der Waals surface area contributed by atoms with Gasteiger partial charge in [-0.05, 0) is 66.4 Å². The van der Waals surface area contributed by atoms with E-state index in [9.17, 15) is 14.7 Å². The van der Waals surface area contributed by atoms with E-state index in [2.05, 4.69) is 0 Å². The van der Waals surface area contributed by atoms with Crippen molar-refractivity contribution in [3.63, 3.8) is 0 Å². The van der Waals surface area contributed by atoms with E-state index in [4.69, 9.17) is 4.74 Å². The molecule has 7 heteroatoms. The molecule has 1 atom stereocenters. The summed E-state index contributed by atoms with van der Waals surface area (Å²) in [6.45, 7) is 2.62. The van der Waals surface area contributed by atoms with Crippen LogP contribution in [0.2, 0.25) is 0 Å². The van der Waals surface area contributed by atoms with Crippen molar-refractivity contribution < 1.29 is 19.4 Å². The van der Waals surface area contributed by atoms with Gasteiger partial charge >= 0.3 is 0 Å². The van der Waals surface area contributed by atoms with Gasteiger partial charge < -0.3 is 14.7 Å². The molecule has 0 bridgehead atoms. The summed E-state index contributed by atoms with van der Waals surface area (Å²) in [6.07, 6.45) is 0.890. The number of benzene rings is 2. The van der Waals surface area contributed by atoms with E-state index < -0.39 is 17.7 Å². The predicted molar refractivity (Wildman–Crippen MR) is 132 cm³/mol. The number of hydrogen-bond acceptors (Lipinski definition) is 6. The molecule has 1 aliphatic heterocycles. The highest BCUT2D eigenvalue weighted by molar-refractivity contribution is 7.10. The minimum Gasteiger partial charge on any atom is -0.507 e. The van der Waals surface area contributed by atoms with E-state index in [0.717, 1.165) is 17.0 Å². The molecule has 33 heavy (non-hydrogen) atoms. The quantitative estimate of drug-likeness (QED) is 0.296. The molecule has 1 aromatic heterocycles. The van der Waals surface area contributed by atoms with E-state index in [1.807, 2.05) is 67.7 Å². The van der Waals surface area contributed by atoms with Crippen LogP contribution in [0.4, 0.5) is 11.4 Å². The third kappa shape index (κ3) is 4.36. The Balaban J connectivity index is 1.78. The van der Waals surface area contributed by atoms with Gasteiger partial charge in [-0.1, -0.05) is 13.0 Å². The lowest BCUT2D eigenvalue weighted by molar-refractivity contribution is -0.132. The molecule has 4 rings (SSSR count). The van der Waals surface area contributed by atoms with Gasteiger partial charge in [-0.15, -0.1) is 11.3 Å². The van der Waals surface area contributed by atoms with Gasteiger partial charge in [-0.25, -0.2) is 0 Å². The minimum atomic E-state index is -0.703. The average Bonchev–Trinajstić information content (AvgIpc) is 3.44. The summed E-state index contributed by atoms with van der Waals surface area (Å²) in [4.78, 5) is 30.5. The first-order chi connectivity index (χ1) is 15.9. The summed E-state index contributed by atoms with van der Waals surface area (Å²) in [5, 5.41) is 13.1. The topological polar surface area (TPSA) is 70.1 Å². The number of carbonyl (C=O) groups excluding carboxylic acids is 2. The standard InChI is InChI=1S/C26H26N2O4S/c1-4-15-32-20-13-7-17(8-14-20)24(29)22-23(21-6-5-16-33-21)28(26(31)25(22)30)19-11-9-18(10-12-19)27(2)3/h5-14,16,23,29H,4,15H2,1-3H3/b24-22-. The van der Waals surface area contributed by atoms with Crippen LogP contribution < -0.4 is 14.5 Å². The van der Waals surface area contributed by atoms with Crippen LogP contribution in [-0.2, 0) is 9.59 Å². The van der Waals surface area contributed by atoms with Crippen molar-refractivity contribution in [3.05, 3.63) is 82.1 Å². The zero-order valence-corrected chi connectivity index (χ0v) is 19.6. The van der Waals surface area contributed by atoms with Gasteiger partial charge in [-0.2, -0.15) is 0 Å². The molecule has 1 saturated heterocycles. The fourth-order valence-corrected chi connectivity index (χ4v) is 4.63. The molecule has 0 radical (unpaired) electrons. The van der Waals surface area contributed by atoms with Crippen LogP contribution in [0.3, 0.4) is 0 Å². The number of nitrogens with zero attached hydrogens (tertiary/aromatic N) is 2. The van der Waals surface area contributed by atoms with Crippen molar-refractivity contribution in [1.82, 2.24) is 0 Å². The van der Waals surface area contributed by atoms with Gasteiger partial charge in [0.1, 0.15) is 17.6 Å². The van der Waals surface area contributed by atoms with Crippen LogP contribution in [0.5, 0.6) is 5.75 Å². The van der Waals surface area contributed by atoms with Crippen molar-refractivity contribution in [2.75, 3.05) is 30.5 Å². The molecular formula is C26H26N2O4S. The molecule has 0 aliphatic carbocycles. The molecule has 3 aromatic rings. The molecule has 1 aliphatic rings. The largest absolute Gasteiger partial charge is 0.507 e. The number of amides is 1. The van der Waals surface area contributed by atoms with Crippen molar-refractivity contribution in [2.45, 2.75) is 19.4 Å². The van der Waals surface area contributed by atoms with E-state index in [0.29, 0.717) is 23.6 Å². The van der Waals surface area contributed by atoms with Gasteiger partial charge in [-0.3, -0.25) is 14.5 Å². The highest BCUT2D eigenvalue weighted by Crippen LogP contribution is 2.43. The normalized spacial score (nSPS) is 17.4. The fourth-order valence-electron chi connectivity index (χ4n) is 3.81. The van der Waals surface area contributed by atoms with Gasteiger partial charge in [0, 0.05) is 35.9 Å². The molecule has 2 heterocycles. The molecule has 1 fully saturated rings. The zero-order valence-electron chi connectivity index (χ0n) is 18.8. The summed E-state index contributed by atoms with van der Waals surface area (Å²) in [6, 6.07) is 17.4. The van der Waals surface area contributed by atoms with E-state index >= 15 is 0 Å². The van der Waals surface area contributed by atoms with Gasteiger partial charge in [0.15, 0.2) is 0 Å². The average molecular weight is 463 g/mol. The molecule has 170 valence electrons. The first-order valence-corrected chi connectivity index (χ1v) is 11.7. The molecule has 2 aromatic carbocycles. The van der Waals surface area contributed by atoms with Gasteiger partial charge in [0.05, 0.1) is 12.2 Å². The number of thiophene rings is 1. The third-order valence-corrected chi connectivity index (χ3v) is 6.43. The highest BCUT2D eigenvalue weighted by atomic mass is 32.1. The van der Waals surface area contributed by atoms with Crippen molar-refractivity contribution in [1.29, 1.82) is 0 Å². The molecule has 0 spiro atoms. The fraction of sp³-hybridized carbons (Fsp3) is 0.231. The zero-order chi connectivity index (χ0) is 23.5. The Bertz CT molecular complexity index is 1170. The summed E-state index contributed by atoms with van der Waals surface area (Å²) < 4.78 is 5.61. The molecule has 6 nitrogen and oxygen atoms in total. The lowest BCUT2D eigenvalue weighted by Gasteiger charge is -2.25. The maximum atomic E-state index is 13.2. The second-order valence-electron chi connectivity index (χ2n) is 7.97. The number of carbonyl (C=O) groups is 2. The number of Topliss-reactive ketones (excluding diaryl/α,β-unsaturated/α-hetero) is 1. The maximum Gasteiger partial charge on any atom is 0.300 e. The number of ketones is 1. The molecule has 1 unspecified atom stereocenters. The second kappa shape index (κ2) is 9.50. The Morgan fingerprint density at radius 2 is 1.76 bits per heavy atom. The van der Waals surface area contributed by atoms with E-state index in [1.165, 1.54) is 16.2 Å². The first kappa shape index (κ1) is 22.6. The minimum absolute atomic E-state index is 0.0846. The third-order valence-electron chi connectivity index (χ3n) is 5.50. The highest BCUT2D eigenvalue weighted by Gasteiger charge is 2.47. The van der Waals surface area contributed by atoms with Crippen LogP contribution in [0.25, 0.3) is 5.76 Å². The SMILES string of the molecule is CCCOc1ccc(/C(O)=C2/C(=O)C(=O)N(c3ccc(N(C)C)cc3)C2c2cccs2)cc1. The Morgan fingerprint density at radius 1 is 1.06 bits per heavy atom. The monoisotopic (exact) mass is 462 g/mol. The van der Waals surface area contributed by atoms with Crippen molar-refractivity contribution >= 4 is 40.2 Å². The van der Waals surface area contributed by atoms with Crippen LogP contribution in [0.15, 0.2) is 71.6 Å². The summed E-state index contributed by atoms with van der Waals surface area (Å²) in [7, 11) is 3.87. The molecule has 0 saturated carbocycles. The number of aliphatic hydroxyl groups excluding tert-OH is 1. The first-order valence-electron chi connectivity index (χ1n) is 10.8. The van der Waals surface area contributed by atoms with Gasteiger partial charge in [0.25, 0.3) is 11.7 Å². The van der Waals surface area contributed by atoms with E-state index in [1.54, 1.807) is 24.3 Å². The smallest absolute Gasteiger partial charge is 0.300 e. The summed E-state index contributed by atoms with van der Waals surface area (Å²) >= 11 is 1.44. The summed E-state index contributed by atoms with van der Waals surface area (Å²) in [5.41, 5.74) is 2.12. The lowest BCUT2D eigenvalue weighted by Crippen LogP contribution is -2.29. The van der Waals surface area contributed by atoms with Gasteiger partial charge in [0.2, 0.25) is 0 Å². The van der Waals surface area contributed by atoms with Crippen LogP contribution in [0, 0.1) is 0 Å². The Kier molecular flexibility index (Phi) is 6.51. The molecule has 1 N–H and O–H groups in total. The molecular weight excluding hydrogens is 436 g/mol. The number of hydrogen-bond donors (Lipinski definition) is 1. The van der Waals surface area contributed by atoms with E-state index in [-0.39, 0.29) is 11.3 Å². The Labute approximate surface area is 197 Å². The lowest BCUT2D eigenvalue weighted by atomic mass is 9.99. The second-order valence-corrected chi connectivity index (χ2v) is 8.95. The number of rotatable bonds is 7. The van der Waals surface area contributed by atoms with Crippen LogP contribution in [-0.4, -0.2) is 37.5 Å². The number of anilines is 2. The van der Waals surface area contributed by atoms with Crippen molar-refractivity contribution in [3.8, 4) is 5.75 Å².